The van der Waals surface area contributed by atoms with E-state index >= 15 is 0 Å². The molecule has 1 rings (SSSR count). The average molecular weight is 1010 g/mol. The molecule has 20 N–H and O–H groups in total. The van der Waals surface area contributed by atoms with Gasteiger partial charge < -0.3 is 85.8 Å². The third-order valence-electron chi connectivity index (χ3n) is 9.76. The Hall–Kier alpha value is -6.08. The number of nitrogens with zero attached hydrogens (tertiary/aromatic N) is 1. The smallest absolute Gasteiger partial charge is 0.326 e. The number of unbranched alkanes of at least 4 members (excludes halogenated alkanes) is 1. The number of nitrogens with one attached hydrogen (secondary N) is 9. The molecule has 1 aromatic rings. The molecule has 0 bridgehead atoms. The van der Waals surface area contributed by atoms with E-state index in [0.717, 1.165) is 6.92 Å². The van der Waals surface area contributed by atoms with Gasteiger partial charge >= 0.3 is 5.97 Å². The number of hydrogen-bond acceptors (Lipinski definition) is 18. The van der Waals surface area contributed by atoms with Crippen molar-refractivity contribution in [2.45, 2.75) is 132 Å². The van der Waals surface area contributed by atoms with E-state index in [2.05, 4.69) is 77.8 Å². The number of amides is 10. The number of carboxylic acid groups (broad SMARTS) is 1. The van der Waals surface area contributed by atoms with Crippen LogP contribution in [0.2, 0.25) is 0 Å². The van der Waals surface area contributed by atoms with Crippen molar-refractivity contribution in [3.63, 3.8) is 0 Å². The molecule has 68 heavy (non-hydrogen) atoms. The number of nitrogens with two attached hydrogens (primary N) is 4. The van der Waals surface area contributed by atoms with Gasteiger partial charge in [-0.2, -0.15) is 25.3 Å². The first-order valence-electron chi connectivity index (χ1n) is 21.1. The Morgan fingerprint density at radius 1 is 0.618 bits per heavy atom. The molecule has 1 heterocycles. The zero-order valence-corrected chi connectivity index (χ0v) is 39.3. The summed E-state index contributed by atoms with van der Waals surface area (Å²) in [6, 6.07) is -13.8. The molecule has 0 unspecified atom stereocenters. The molecule has 28 nitrogen and oxygen atoms in total. The number of H-pyrrole nitrogens is 1. The minimum atomic E-state index is -1.79. The van der Waals surface area contributed by atoms with Crippen LogP contribution in [0.4, 0.5) is 0 Å². The molecular weight excluding hydrogens is 941 g/mol. The zero-order valence-electron chi connectivity index (χ0n) is 37.6. The topological polar surface area (TPSA) is 477 Å². The normalized spacial score (nSPS) is 15.9. The Bertz CT molecular complexity index is 1910. The quantitative estimate of drug-likeness (QED) is 0.0235. The van der Waals surface area contributed by atoms with E-state index in [4.69, 9.17) is 22.9 Å². The first-order valence-corrected chi connectivity index (χ1v) is 22.4. The number of carbonyl (C=O) groups is 11. The maximum Gasteiger partial charge on any atom is 0.326 e. The number of aromatic amines is 1. The molecule has 11 atom stereocenters. The summed E-state index contributed by atoms with van der Waals surface area (Å²) in [7, 11) is 0. The second-order valence-corrected chi connectivity index (χ2v) is 16.3. The van der Waals surface area contributed by atoms with Gasteiger partial charge in [-0.05, 0) is 46.6 Å². The van der Waals surface area contributed by atoms with Gasteiger partial charge in [-0.1, -0.05) is 6.42 Å². The van der Waals surface area contributed by atoms with E-state index in [9.17, 15) is 68.1 Å². The van der Waals surface area contributed by atoms with Gasteiger partial charge in [-0.15, -0.1) is 0 Å². The second-order valence-electron chi connectivity index (χ2n) is 15.5. The minimum absolute atomic E-state index is 0.223. The number of hydrogen-bond donors (Lipinski definition) is 18. The highest BCUT2D eigenvalue weighted by atomic mass is 32.1. The van der Waals surface area contributed by atoms with Crippen molar-refractivity contribution in [1.82, 2.24) is 52.5 Å². The fraction of sp³-hybridized carbons (Fsp3) is 0.632. The number of aliphatic carboxylic acids is 1. The van der Waals surface area contributed by atoms with Crippen molar-refractivity contribution in [1.29, 1.82) is 0 Å². The van der Waals surface area contributed by atoms with Crippen LogP contribution in [0.15, 0.2) is 12.5 Å². The summed E-state index contributed by atoms with van der Waals surface area (Å²) in [6.07, 6.45) is -0.988. The average Bonchev–Trinajstić information content (AvgIpc) is 3.78. The molecule has 0 spiro atoms. The number of carboxylic acids is 1. The summed E-state index contributed by atoms with van der Waals surface area (Å²) in [5, 5.41) is 48.4. The van der Waals surface area contributed by atoms with Crippen LogP contribution >= 0.6 is 25.3 Å². The molecule has 0 saturated heterocycles. The summed E-state index contributed by atoms with van der Waals surface area (Å²) < 4.78 is 0. The number of rotatable bonds is 32. The monoisotopic (exact) mass is 1000 g/mol. The van der Waals surface area contributed by atoms with Crippen LogP contribution in [0.25, 0.3) is 0 Å². The van der Waals surface area contributed by atoms with E-state index in [1.54, 1.807) is 0 Å². The summed E-state index contributed by atoms with van der Waals surface area (Å²) in [5.74, 6) is -12.5. The Labute approximate surface area is 401 Å². The SMILES string of the molecule is C[C@H](NC(=O)[C@H](CC(N)=O)NC(=O)[C@H](CS)NC(=O)[C@@H](NC(=O)[C@@H](NC(=O)[C@@H](N)CCCCN)[C@@H](C)O)[C@@H](C)O)C(=O)N[C@@H](CS)C(=O)N[C@@H](Cc1cnc[nH]1)C(=O)N[C@@H](CCC(N)=O)C(=O)O. The van der Waals surface area contributed by atoms with E-state index in [1.165, 1.54) is 26.4 Å². The van der Waals surface area contributed by atoms with Gasteiger partial charge in [0.05, 0.1) is 31.0 Å². The Morgan fingerprint density at radius 3 is 1.56 bits per heavy atom. The maximum absolute atomic E-state index is 13.4. The van der Waals surface area contributed by atoms with Crippen LogP contribution < -0.4 is 65.5 Å². The first kappa shape index (κ1) is 59.9. The standard InChI is InChI=1S/C38H64N14O14S2/c1-16(30(57)49-24(13-67)34(61)47-22(10-19-12-43-15-44-19)33(60)46-21(38(65)66)7-8-26(41)55)45-32(59)23(11-27(42)56)48-35(62)25(14-68)50-36(63)28(17(2)53)52-37(64)29(18(3)54)51-31(58)20(40)6-4-5-9-39/h12,15-18,20-25,28-29,53-54,67-68H,4-11,13-14,39-40H2,1-3H3,(H2,41,55)(H2,42,56)(H,43,44)(H,45,59)(H,46,60)(H,47,61)(H,48,62)(H,49,57)(H,50,63)(H,51,58)(H,52,64)(H,65,66)/t16-,17+,18+,20-,21-,22-,23-,24-,25-,28-,29-/m0/s1. The number of thiol groups is 2. The van der Waals surface area contributed by atoms with Gasteiger partial charge in [0.15, 0.2) is 0 Å². The van der Waals surface area contributed by atoms with Crippen LogP contribution in [0.1, 0.15) is 65.0 Å². The van der Waals surface area contributed by atoms with Gasteiger partial charge in [0.1, 0.15) is 48.3 Å². The molecule has 0 radical (unpaired) electrons. The Balaban J connectivity index is 3.10. The molecule has 0 aliphatic rings. The van der Waals surface area contributed by atoms with Crippen molar-refractivity contribution >= 4 is 90.3 Å². The van der Waals surface area contributed by atoms with E-state index in [-0.39, 0.29) is 31.4 Å². The molecular formula is C38H64N14O14S2. The molecule has 0 aliphatic heterocycles. The lowest BCUT2D eigenvalue weighted by atomic mass is 10.1. The van der Waals surface area contributed by atoms with Gasteiger partial charge in [-0.25, -0.2) is 9.78 Å². The van der Waals surface area contributed by atoms with E-state index in [1.807, 2.05) is 0 Å². The fourth-order valence-corrected chi connectivity index (χ4v) is 6.39. The van der Waals surface area contributed by atoms with Gasteiger partial charge in [0.2, 0.25) is 59.1 Å². The van der Waals surface area contributed by atoms with Crippen LogP contribution in [0, 0.1) is 0 Å². The third kappa shape index (κ3) is 21.3. The summed E-state index contributed by atoms with van der Waals surface area (Å²) >= 11 is 8.17. The lowest BCUT2D eigenvalue weighted by molar-refractivity contribution is -0.142. The molecule has 0 aromatic carbocycles. The van der Waals surface area contributed by atoms with Gasteiger partial charge in [0, 0.05) is 36.2 Å². The van der Waals surface area contributed by atoms with Gasteiger partial charge in [-0.3, -0.25) is 47.9 Å². The minimum Gasteiger partial charge on any atom is -0.480 e. The molecule has 10 amide bonds. The predicted molar refractivity (Wildman–Crippen MR) is 245 cm³/mol. The van der Waals surface area contributed by atoms with Crippen molar-refractivity contribution in [3.8, 4) is 0 Å². The van der Waals surface area contributed by atoms with E-state index in [0.29, 0.717) is 25.1 Å². The largest absolute Gasteiger partial charge is 0.480 e. The lowest BCUT2D eigenvalue weighted by Crippen LogP contribution is -2.63. The third-order valence-corrected chi connectivity index (χ3v) is 10.5. The maximum atomic E-state index is 13.4. The fourth-order valence-electron chi connectivity index (χ4n) is 5.88. The van der Waals surface area contributed by atoms with Gasteiger partial charge in [0.25, 0.3) is 0 Å². The van der Waals surface area contributed by atoms with Crippen molar-refractivity contribution in [3.05, 3.63) is 18.2 Å². The highest BCUT2D eigenvalue weighted by Crippen LogP contribution is 2.07. The summed E-state index contributed by atoms with van der Waals surface area (Å²) in [5.41, 5.74) is 22.1. The van der Waals surface area contributed by atoms with Crippen LogP contribution in [0.5, 0.6) is 0 Å². The number of aliphatic hydroxyl groups is 2. The number of aliphatic hydroxyl groups excluding tert-OH is 2. The van der Waals surface area contributed by atoms with E-state index < -0.39 is 144 Å². The number of imidazole rings is 1. The van der Waals surface area contributed by atoms with Crippen molar-refractivity contribution in [2.75, 3.05) is 18.1 Å². The Kier molecular flexibility index (Phi) is 26.7. The highest BCUT2D eigenvalue weighted by Gasteiger charge is 2.36. The number of carbonyl (C=O) groups excluding carboxylic acids is 10. The molecule has 0 fully saturated rings. The molecule has 1 aromatic heterocycles. The lowest BCUT2D eigenvalue weighted by Gasteiger charge is -2.28. The number of aromatic nitrogens is 2. The predicted octanol–water partition coefficient (Wildman–Crippen LogP) is -7.85. The molecule has 30 heteroatoms. The van der Waals surface area contributed by atoms with Crippen molar-refractivity contribution in [2.24, 2.45) is 22.9 Å². The Morgan fingerprint density at radius 2 is 1.09 bits per heavy atom. The summed E-state index contributed by atoms with van der Waals surface area (Å²) in [4.78, 5) is 147. The molecule has 0 aliphatic carbocycles. The molecule has 0 saturated carbocycles. The van der Waals surface area contributed by atoms with Crippen LogP contribution in [0.3, 0.4) is 0 Å². The number of primary amides is 2. The van der Waals surface area contributed by atoms with Crippen molar-refractivity contribution < 1.29 is 68.1 Å². The highest BCUT2D eigenvalue weighted by molar-refractivity contribution is 7.80. The zero-order chi connectivity index (χ0) is 51.8. The summed E-state index contributed by atoms with van der Waals surface area (Å²) in [6.45, 7) is 3.84. The molecule has 382 valence electrons. The first-order chi connectivity index (χ1) is 31.9. The van der Waals surface area contributed by atoms with Crippen LogP contribution in [-0.4, -0.2) is 175 Å². The second kappa shape index (κ2) is 30.3. The van der Waals surface area contributed by atoms with Crippen LogP contribution in [-0.2, 0) is 59.2 Å².